The van der Waals surface area contributed by atoms with Crippen molar-refractivity contribution in [2.75, 3.05) is 47.9 Å². The molecule has 2 aromatic rings. The molecule has 1 unspecified atom stereocenters. The predicted molar refractivity (Wildman–Crippen MR) is 181 cm³/mol. The van der Waals surface area contributed by atoms with E-state index in [-0.39, 0.29) is 17.7 Å². The molecule has 2 fully saturated rings. The number of alkyl halides is 2. The number of nitrogens with one attached hydrogen (secondary N) is 2. The van der Waals surface area contributed by atoms with E-state index in [2.05, 4.69) is 24.5 Å². The van der Waals surface area contributed by atoms with Crippen molar-refractivity contribution in [2.24, 2.45) is 0 Å². The van der Waals surface area contributed by atoms with Crippen molar-refractivity contribution in [1.29, 1.82) is 0 Å². The van der Waals surface area contributed by atoms with Crippen molar-refractivity contribution >= 4 is 53.5 Å². The molecule has 0 bridgehead atoms. The van der Waals surface area contributed by atoms with Gasteiger partial charge in [0.2, 0.25) is 11.8 Å². The van der Waals surface area contributed by atoms with Gasteiger partial charge in [0.25, 0.3) is 5.91 Å². The zero-order chi connectivity index (χ0) is 36.4. The number of hydrogen-bond acceptors (Lipinski definition) is 8. The van der Waals surface area contributed by atoms with Crippen LogP contribution in [0.3, 0.4) is 0 Å². The van der Waals surface area contributed by atoms with Crippen LogP contribution in [0, 0.1) is 0 Å². The summed E-state index contributed by atoms with van der Waals surface area (Å²) >= 11 is 1.11. The summed E-state index contributed by atoms with van der Waals surface area (Å²) in [6, 6.07) is 5.03. The molecule has 0 radical (unpaired) electrons. The molecule has 12 nitrogen and oxygen atoms in total. The smallest absolute Gasteiger partial charge is 0.381 e. The Bertz CT molecular complexity index is 1300. The highest BCUT2D eigenvalue weighted by atomic mass is 32.1. The number of methoxy groups -OCH3 is 1. The van der Waals surface area contributed by atoms with Gasteiger partial charge in [-0.15, -0.1) is 11.3 Å². The van der Waals surface area contributed by atoms with E-state index in [0.717, 1.165) is 68.7 Å². The van der Waals surface area contributed by atoms with Crippen molar-refractivity contribution in [3.05, 3.63) is 34.7 Å². The summed E-state index contributed by atoms with van der Waals surface area (Å²) in [5.74, 6) is -0.0350. The number of halogens is 2. The van der Waals surface area contributed by atoms with Crippen molar-refractivity contribution in [3.63, 3.8) is 0 Å². The molecule has 1 atom stereocenters. The first kappa shape index (κ1) is 44.2. The van der Waals surface area contributed by atoms with Crippen LogP contribution in [-0.4, -0.2) is 104 Å². The van der Waals surface area contributed by atoms with Crippen molar-refractivity contribution < 1.29 is 47.0 Å². The summed E-state index contributed by atoms with van der Waals surface area (Å²) in [7, 11) is 1.36. The van der Waals surface area contributed by atoms with E-state index >= 15 is 0 Å². The molecule has 4 rings (SSSR count). The van der Waals surface area contributed by atoms with Crippen LogP contribution in [-0.2, 0) is 29.3 Å². The molecule has 0 aliphatic carbocycles. The van der Waals surface area contributed by atoms with Gasteiger partial charge in [-0.05, 0) is 69.8 Å². The van der Waals surface area contributed by atoms with Crippen LogP contribution in [0.2, 0.25) is 0 Å². The third-order valence-electron chi connectivity index (χ3n) is 7.39. The van der Waals surface area contributed by atoms with Gasteiger partial charge >= 0.3 is 13.3 Å². The van der Waals surface area contributed by atoms with Gasteiger partial charge in [0.15, 0.2) is 0 Å². The van der Waals surface area contributed by atoms with E-state index in [1.165, 1.54) is 19.2 Å². The predicted octanol–water partition coefficient (Wildman–Crippen LogP) is 4.58. The standard InChI is InChI=1S/C11H10F2NO4PS.C11H18N2O2.C6H14O.C2H7N.CH2O/c1-14-10(15)9-5-6-4-7(2-3-8(6)20-9)11(12,13)19(16,17)18;1-9(14)12-7-4-10-3-2-6-13(10)11(15)5-8-12;1-4-6(5-2)7-3;1-3-2;1-2/h2-5H,1H3,(H,14,15)(H2,16,17,18);10H,2-8H2,1H3;6H,4-5H2,1-3H3;3H,1-2H3;1H2. The number of thiophene rings is 1. The summed E-state index contributed by atoms with van der Waals surface area (Å²) < 4.78 is 43.6. The lowest BCUT2D eigenvalue weighted by molar-refractivity contribution is -0.136. The summed E-state index contributed by atoms with van der Waals surface area (Å²) in [5.41, 5.74) is -5.03. The number of ether oxygens (including phenoxy) is 1. The Morgan fingerprint density at radius 3 is 2.17 bits per heavy atom. The number of hydrogen-bond donors (Lipinski definition) is 4. The van der Waals surface area contributed by atoms with Gasteiger partial charge < -0.3 is 39.8 Å². The fraction of sp³-hybridized carbons (Fsp3) is 0.613. The highest BCUT2D eigenvalue weighted by Crippen LogP contribution is 2.59. The lowest BCUT2D eigenvalue weighted by atomic mass is 10.1. The Morgan fingerprint density at radius 1 is 1.11 bits per heavy atom. The van der Waals surface area contributed by atoms with Crippen LogP contribution < -0.4 is 10.6 Å². The molecule has 1 aromatic carbocycles. The molecule has 16 heteroatoms. The molecule has 1 aromatic heterocycles. The van der Waals surface area contributed by atoms with Crippen LogP contribution in [0.15, 0.2) is 24.3 Å². The molecule has 3 amide bonds. The highest BCUT2D eigenvalue weighted by molar-refractivity contribution is 7.52. The van der Waals surface area contributed by atoms with Crippen LogP contribution >= 0.6 is 18.9 Å². The summed E-state index contributed by atoms with van der Waals surface area (Å²) in [5, 5.41) is 5.49. The molecule has 2 saturated heterocycles. The summed E-state index contributed by atoms with van der Waals surface area (Å²) in [4.78, 5) is 64.1. The molecule has 268 valence electrons. The van der Waals surface area contributed by atoms with Gasteiger partial charge in [-0.25, -0.2) is 0 Å². The minimum Gasteiger partial charge on any atom is -0.381 e. The molecule has 2 aliphatic rings. The highest BCUT2D eigenvalue weighted by Gasteiger charge is 2.50. The van der Waals surface area contributed by atoms with Crippen LogP contribution in [0.4, 0.5) is 8.78 Å². The van der Waals surface area contributed by atoms with Gasteiger partial charge in [0, 0.05) is 63.4 Å². The second-order valence-corrected chi connectivity index (χ2v) is 13.4. The lowest BCUT2D eigenvalue weighted by Gasteiger charge is -2.31. The first-order valence-electron chi connectivity index (χ1n) is 15.3. The number of benzene rings is 1. The molecule has 0 saturated carbocycles. The van der Waals surface area contributed by atoms with E-state index in [1.54, 1.807) is 18.9 Å². The topological polar surface area (TPSA) is 166 Å². The summed E-state index contributed by atoms with van der Waals surface area (Å²) in [6.07, 6.45) is 6.43. The monoisotopic (exact) mass is 708 g/mol. The maximum absolute atomic E-state index is 13.6. The number of nitrogens with zero attached hydrogens (tertiary/aromatic N) is 2. The van der Waals surface area contributed by atoms with Crippen LogP contribution in [0.1, 0.15) is 74.5 Å². The van der Waals surface area contributed by atoms with Gasteiger partial charge in [-0.1, -0.05) is 19.9 Å². The second kappa shape index (κ2) is 21.9. The van der Waals surface area contributed by atoms with Crippen LogP contribution in [0.5, 0.6) is 0 Å². The quantitative estimate of drug-likeness (QED) is 0.315. The summed E-state index contributed by atoms with van der Waals surface area (Å²) in [6.45, 7) is 10.2. The average Bonchev–Trinajstić information content (AvgIpc) is 3.68. The Kier molecular flexibility index (Phi) is 20.6. The zero-order valence-corrected chi connectivity index (χ0v) is 30.1. The first-order valence-corrected chi connectivity index (χ1v) is 17.7. The van der Waals surface area contributed by atoms with E-state index < -0.39 is 18.8 Å². The van der Waals surface area contributed by atoms with Crippen molar-refractivity contribution in [3.8, 4) is 0 Å². The molecule has 4 N–H and O–H groups in total. The van der Waals surface area contributed by atoms with E-state index in [9.17, 15) is 27.7 Å². The molecule has 3 heterocycles. The molecular formula is C31H51F2N4O8PS. The largest absolute Gasteiger partial charge is 0.399 e. The normalized spacial score (nSPS) is 16.1. The Balaban J connectivity index is 0.000000688. The van der Waals surface area contributed by atoms with E-state index in [1.807, 2.05) is 25.8 Å². The molecular weight excluding hydrogens is 657 g/mol. The Labute approximate surface area is 280 Å². The fourth-order valence-corrected chi connectivity index (χ4v) is 6.29. The molecule has 47 heavy (non-hydrogen) atoms. The van der Waals surface area contributed by atoms with Crippen molar-refractivity contribution in [2.45, 2.75) is 77.1 Å². The van der Waals surface area contributed by atoms with Crippen LogP contribution in [0.25, 0.3) is 10.1 Å². The number of amides is 3. The minimum absolute atomic E-state index is 0.0919. The van der Waals surface area contributed by atoms with E-state index in [0.29, 0.717) is 40.1 Å². The molecule has 0 spiro atoms. The first-order chi connectivity index (χ1) is 22.1. The van der Waals surface area contributed by atoms with E-state index in [4.69, 9.17) is 19.3 Å². The number of fused-ring (bicyclic) bond motifs is 2. The Hall–Kier alpha value is -2.81. The number of carbonyl (C=O) groups is 4. The Morgan fingerprint density at radius 2 is 1.70 bits per heavy atom. The third-order valence-corrected chi connectivity index (χ3v) is 9.50. The average molecular weight is 709 g/mol. The lowest BCUT2D eigenvalue weighted by Crippen LogP contribution is -2.44. The zero-order valence-electron chi connectivity index (χ0n) is 28.4. The molecule has 2 aliphatic heterocycles. The maximum atomic E-state index is 13.6. The second-order valence-electron chi connectivity index (χ2n) is 10.6. The SMILES string of the molecule is C=O.CC(=O)N1CCC(=O)N2CCCC2CC1.CCC(CC)OC.CNC.CNC(=O)c1cc2cc(C(F)(F)P(=O)(O)O)ccc2s1. The fourth-order valence-electron chi connectivity index (χ4n) is 4.83. The minimum atomic E-state index is -5.60. The number of rotatable bonds is 6. The third kappa shape index (κ3) is 13.7. The number of carbonyl (C=O) groups excluding carboxylic acids is 4. The maximum Gasteiger partial charge on any atom is 0.399 e. The van der Waals surface area contributed by atoms with Crippen molar-refractivity contribution in [1.82, 2.24) is 20.4 Å². The van der Waals surface area contributed by atoms with Gasteiger partial charge in [-0.3, -0.25) is 18.9 Å². The van der Waals surface area contributed by atoms with Gasteiger partial charge in [0.05, 0.1) is 11.0 Å². The van der Waals surface area contributed by atoms with Gasteiger partial charge in [-0.2, -0.15) is 8.78 Å². The van der Waals surface area contributed by atoms with Gasteiger partial charge in [0.1, 0.15) is 6.79 Å².